The lowest BCUT2D eigenvalue weighted by molar-refractivity contribution is 0.0250. The zero-order chi connectivity index (χ0) is 12.2. The highest BCUT2D eigenvalue weighted by Gasteiger charge is 2.11. The number of methoxy groups -OCH3 is 1. The second-order valence-corrected chi connectivity index (χ2v) is 4.51. The fourth-order valence-corrected chi connectivity index (χ4v) is 2.11. The molecule has 1 N–H and O–H groups in total. The minimum absolute atomic E-state index is 0.653. The van der Waals surface area contributed by atoms with Crippen molar-refractivity contribution in [2.24, 2.45) is 0 Å². The van der Waals surface area contributed by atoms with Crippen LogP contribution in [0, 0.1) is 0 Å². The molecule has 1 fully saturated rings. The van der Waals surface area contributed by atoms with Gasteiger partial charge in [0.15, 0.2) is 0 Å². The fourth-order valence-electron chi connectivity index (χ4n) is 2.11. The Kier molecular flexibility index (Phi) is 9.61. The van der Waals surface area contributed by atoms with Crippen molar-refractivity contribution in [3.8, 4) is 0 Å². The van der Waals surface area contributed by atoms with E-state index in [9.17, 15) is 0 Å². The second kappa shape index (κ2) is 11.0. The molecule has 0 aromatic heterocycles. The first-order valence-corrected chi connectivity index (χ1v) is 6.81. The van der Waals surface area contributed by atoms with Crippen LogP contribution in [0.25, 0.3) is 0 Å². The third-order valence-electron chi connectivity index (χ3n) is 3.09. The van der Waals surface area contributed by atoms with Gasteiger partial charge in [0, 0.05) is 19.7 Å². The van der Waals surface area contributed by atoms with E-state index < -0.39 is 0 Å². The van der Waals surface area contributed by atoms with Crippen LogP contribution in [0.4, 0.5) is 0 Å². The average Bonchev–Trinajstić information content (AvgIpc) is 2.38. The molecule has 0 aliphatic heterocycles. The maximum atomic E-state index is 5.48. The summed E-state index contributed by atoms with van der Waals surface area (Å²) in [6.07, 6.45) is 6.84. The quantitative estimate of drug-likeness (QED) is 0.593. The van der Waals surface area contributed by atoms with Crippen LogP contribution in [0.1, 0.15) is 32.1 Å². The number of hydrogen-bond donors (Lipinski definition) is 1. The molecule has 1 aliphatic carbocycles. The molecule has 4 heteroatoms. The summed E-state index contributed by atoms with van der Waals surface area (Å²) >= 11 is 0. The van der Waals surface area contributed by atoms with E-state index in [2.05, 4.69) is 5.32 Å². The van der Waals surface area contributed by atoms with Crippen LogP contribution in [0.5, 0.6) is 0 Å². The van der Waals surface area contributed by atoms with E-state index in [0.717, 1.165) is 19.2 Å². The first-order chi connectivity index (χ1) is 8.43. The van der Waals surface area contributed by atoms with Crippen LogP contribution < -0.4 is 5.32 Å². The Morgan fingerprint density at radius 3 is 2.24 bits per heavy atom. The molecular weight excluding hydrogens is 218 g/mol. The predicted octanol–water partition coefficient (Wildman–Crippen LogP) is 1.59. The van der Waals surface area contributed by atoms with Crippen molar-refractivity contribution in [2.45, 2.75) is 38.1 Å². The smallest absolute Gasteiger partial charge is 0.0701 e. The Hall–Kier alpha value is -0.160. The van der Waals surface area contributed by atoms with Crippen molar-refractivity contribution in [1.82, 2.24) is 5.32 Å². The largest absolute Gasteiger partial charge is 0.382 e. The molecule has 17 heavy (non-hydrogen) atoms. The maximum absolute atomic E-state index is 5.48. The molecule has 0 aromatic rings. The van der Waals surface area contributed by atoms with E-state index in [1.807, 2.05) is 0 Å². The van der Waals surface area contributed by atoms with Crippen molar-refractivity contribution in [2.75, 3.05) is 46.7 Å². The molecule has 0 unspecified atom stereocenters. The molecule has 0 saturated heterocycles. The van der Waals surface area contributed by atoms with Gasteiger partial charge in [-0.2, -0.15) is 0 Å². The molecule has 1 saturated carbocycles. The molecule has 102 valence electrons. The Morgan fingerprint density at radius 2 is 1.53 bits per heavy atom. The first kappa shape index (κ1) is 14.9. The van der Waals surface area contributed by atoms with Gasteiger partial charge in [-0.15, -0.1) is 0 Å². The first-order valence-electron chi connectivity index (χ1n) is 6.81. The summed E-state index contributed by atoms with van der Waals surface area (Å²) in [5.41, 5.74) is 0. The van der Waals surface area contributed by atoms with E-state index in [1.165, 1.54) is 32.1 Å². The lowest BCUT2D eigenvalue weighted by atomic mass is 9.96. The van der Waals surface area contributed by atoms with Crippen LogP contribution in [-0.2, 0) is 14.2 Å². The van der Waals surface area contributed by atoms with Gasteiger partial charge in [0.1, 0.15) is 0 Å². The van der Waals surface area contributed by atoms with Crippen molar-refractivity contribution < 1.29 is 14.2 Å². The van der Waals surface area contributed by atoms with E-state index in [0.29, 0.717) is 26.4 Å². The highest BCUT2D eigenvalue weighted by atomic mass is 16.5. The van der Waals surface area contributed by atoms with Gasteiger partial charge in [-0.05, 0) is 12.8 Å². The standard InChI is InChI=1S/C13H27NO3/c1-15-9-10-17-12-11-16-8-7-14-13-5-3-2-4-6-13/h13-14H,2-12H2,1H3. The van der Waals surface area contributed by atoms with Gasteiger partial charge in [-0.1, -0.05) is 19.3 Å². The molecule has 0 atom stereocenters. The highest BCUT2D eigenvalue weighted by Crippen LogP contribution is 2.16. The van der Waals surface area contributed by atoms with Gasteiger partial charge in [0.05, 0.1) is 33.0 Å². The fraction of sp³-hybridized carbons (Fsp3) is 1.00. The molecule has 0 heterocycles. The zero-order valence-corrected chi connectivity index (χ0v) is 11.1. The number of nitrogens with one attached hydrogen (secondary N) is 1. The molecule has 0 spiro atoms. The van der Waals surface area contributed by atoms with Crippen LogP contribution in [0.2, 0.25) is 0 Å². The van der Waals surface area contributed by atoms with Gasteiger partial charge >= 0.3 is 0 Å². The van der Waals surface area contributed by atoms with Crippen molar-refractivity contribution in [3.05, 3.63) is 0 Å². The van der Waals surface area contributed by atoms with Crippen molar-refractivity contribution in [1.29, 1.82) is 0 Å². The zero-order valence-electron chi connectivity index (χ0n) is 11.1. The number of rotatable bonds is 10. The van der Waals surface area contributed by atoms with Crippen LogP contribution >= 0.6 is 0 Å². The molecule has 1 rings (SSSR count). The lowest BCUT2D eigenvalue weighted by Gasteiger charge is -2.22. The molecule has 0 aromatic carbocycles. The normalized spacial score (nSPS) is 17.5. The lowest BCUT2D eigenvalue weighted by Crippen LogP contribution is -2.33. The molecule has 1 aliphatic rings. The van der Waals surface area contributed by atoms with Gasteiger partial charge in [0.2, 0.25) is 0 Å². The third-order valence-corrected chi connectivity index (χ3v) is 3.09. The molecule has 0 amide bonds. The van der Waals surface area contributed by atoms with Crippen LogP contribution in [0.3, 0.4) is 0 Å². The minimum Gasteiger partial charge on any atom is -0.382 e. The summed E-state index contributed by atoms with van der Waals surface area (Å²) < 4.78 is 15.7. The Morgan fingerprint density at radius 1 is 0.882 bits per heavy atom. The average molecular weight is 245 g/mol. The number of hydrogen-bond acceptors (Lipinski definition) is 4. The maximum Gasteiger partial charge on any atom is 0.0701 e. The molecule has 4 nitrogen and oxygen atoms in total. The molecule has 0 bridgehead atoms. The van der Waals surface area contributed by atoms with Gasteiger partial charge < -0.3 is 19.5 Å². The van der Waals surface area contributed by atoms with Crippen molar-refractivity contribution >= 4 is 0 Å². The molecule has 0 radical (unpaired) electrons. The summed E-state index contributed by atoms with van der Waals surface area (Å²) in [4.78, 5) is 0. The second-order valence-electron chi connectivity index (χ2n) is 4.51. The summed E-state index contributed by atoms with van der Waals surface area (Å²) in [6.45, 7) is 4.39. The Labute approximate surface area is 105 Å². The summed E-state index contributed by atoms with van der Waals surface area (Å²) in [7, 11) is 1.68. The topological polar surface area (TPSA) is 39.7 Å². The Balaban J connectivity index is 1.75. The molecular formula is C13H27NO3. The van der Waals surface area contributed by atoms with E-state index >= 15 is 0 Å². The number of ether oxygens (including phenoxy) is 3. The van der Waals surface area contributed by atoms with Gasteiger partial charge in [-0.25, -0.2) is 0 Å². The van der Waals surface area contributed by atoms with E-state index in [-0.39, 0.29) is 0 Å². The van der Waals surface area contributed by atoms with Gasteiger partial charge in [0.25, 0.3) is 0 Å². The van der Waals surface area contributed by atoms with Crippen LogP contribution in [-0.4, -0.2) is 52.7 Å². The summed E-state index contributed by atoms with van der Waals surface area (Å²) in [5.74, 6) is 0. The highest BCUT2D eigenvalue weighted by molar-refractivity contribution is 4.71. The SMILES string of the molecule is COCCOCCOCCNC1CCCCC1. The van der Waals surface area contributed by atoms with E-state index in [1.54, 1.807) is 7.11 Å². The van der Waals surface area contributed by atoms with Crippen LogP contribution in [0.15, 0.2) is 0 Å². The van der Waals surface area contributed by atoms with Crippen molar-refractivity contribution in [3.63, 3.8) is 0 Å². The van der Waals surface area contributed by atoms with Gasteiger partial charge in [-0.3, -0.25) is 0 Å². The Bertz CT molecular complexity index is 161. The monoisotopic (exact) mass is 245 g/mol. The summed E-state index contributed by atoms with van der Waals surface area (Å²) in [6, 6.07) is 0.727. The minimum atomic E-state index is 0.653. The van der Waals surface area contributed by atoms with E-state index in [4.69, 9.17) is 14.2 Å². The summed E-state index contributed by atoms with van der Waals surface area (Å²) in [5, 5.41) is 3.55. The predicted molar refractivity (Wildman–Crippen MR) is 68.4 cm³/mol. The third kappa shape index (κ3) is 8.55.